The second-order valence-electron chi connectivity index (χ2n) is 5.78. The quantitative estimate of drug-likeness (QED) is 0.790. The van der Waals surface area contributed by atoms with Crippen molar-refractivity contribution in [2.75, 3.05) is 0 Å². The number of hydrogen-bond acceptors (Lipinski definition) is 1. The third-order valence-corrected chi connectivity index (χ3v) is 3.97. The van der Waals surface area contributed by atoms with E-state index in [1.807, 2.05) is 0 Å². The van der Waals surface area contributed by atoms with Crippen molar-refractivity contribution in [2.24, 2.45) is 0 Å². The summed E-state index contributed by atoms with van der Waals surface area (Å²) in [7, 11) is 0. The molecule has 0 unspecified atom stereocenters. The fourth-order valence-corrected chi connectivity index (χ4v) is 2.99. The molecule has 0 aliphatic rings. The molecule has 20 heavy (non-hydrogen) atoms. The summed E-state index contributed by atoms with van der Waals surface area (Å²) in [5.74, 6) is 0. The van der Waals surface area contributed by atoms with Crippen molar-refractivity contribution < 1.29 is 5.11 Å². The fraction of sp³-hybridized carbons (Fsp3) is 0.333. The van der Waals surface area contributed by atoms with Crippen LogP contribution in [0.2, 0.25) is 0 Å². The van der Waals surface area contributed by atoms with Gasteiger partial charge in [0.25, 0.3) is 0 Å². The first-order valence-corrected chi connectivity index (χ1v) is 8.68. The molecule has 0 aliphatic carbocycles. The van der Waals surface area contributed by atoms with E-state index in [0.717, 1.165) is 0 Å². The molecular formula is C18H23AlO. The molecule has 0 saturated carbocycles. The Morgan fingerprint density at radius 2 is 1.05 bits per heavy atom. The van der Waals surface area contributed by atoms with Gasteiger partial charge in [0.2, 0.25) is 0 Å². The molecule has 104 valence electrons. The average Bonchev–Trinajstić information content (AvgIpc) is 2.39. The van der Waals surface area contributed by atoms with E-state index in [1.165, 1.54) is 21.7 Å². The molecule has 0 radical (unpaired) electrons. The topological polar surface area (TPSA) is 23.1 Å². The number of hydrogen-bond donors (Lipinski definition) is 0. The monoisotopic (exact) mass is 282 g/mol. The summed E-state index contributed by atoms with van der Waals surface area (Å²) < 4.78 is 0. The van der Waals surface area contributed by atoms with Gasteiger partial charge in [0.05, 0.1) is 0 Å². The van der Waals surface area contributed by atoms with Crippen LogP contribution >= 0.6 is 0 Å². The SMILES string of the molecule is CC(C)(C)[O-].c1ccc([CH2][Al+][CH2]c2ccccc2)cc1. The molecule has 0 saturated heterocycles. The van der Waals surface area contributed by atoms with Gasteiger partial charge in [-0.15, -0.1) is 5.60 Å². The van der Waals surface area contributed by atoms with Crippen molar-refractivity contribution in [2.45, 2.75) is 36.9 Å². The van der Waals surface area contributed by atoms with E-state index in [-0.39, 0.29) is 0 Å². The fourth-order valence-electron chi connectivity index (χ4n) is 1.63. The molecule has 0 atom stereocenters. The first-order valence-electron chi connectivity index (χ1n) is 7.05. The minimum absolute atomic E-state index is 0.501. The van der Waals surface area contributed by atoms with Crippen LogP contribution in [0, 0.1) is 0 Å². The molecule has 2 aromatic rings. The van der Waals surface area contributed by atoms with E-state index in [2.05, 4.69) is 60.7 Å². The zero-order valence-electron chi connectivity index (χ0n) is 12.7. The summed E-state index contributed by atoms with van der Waals surface area (Å²) in [5.41, 5.74) is 2.20. The molecule has 0 amide bonds. The van der Waals surface area contributed by atoms with Gasteiger partial charge in [-0.2, -0.15) is 0 Å². The van der Waals surface area contributed by atoms with Gasteiger partial charge in [-0.05, 0) is 0 Å². The summed E-state index contributed by atoms with van der Waals surface area (Å²) in [6.45, 7) is 4.90. The van der Waals surface area contributed by atoms with E-state index >= 15 is 0 Å². The molecule has 0 fully saturated rings. The Kier molecular flexibility index (Phi) is 7.62. The number of benzene rings is 2. The van der Waals surface area contributed by atoms with Crippen LogP contribution in [0.25, 0.3) is 0 Å². The van der Waals surface area contributed by atoms with E-state index < -0.39 is 5.60 Å². The van der Waals surface area contributed by atoms with Crippen LogP contribution in [-0.4, -0.2) is 20.8 Å². The molecule has 0 N–H and O–H groups in total. The van der Waals surface area contributed by atoms with Gasteiger partial charge in [0.15, 0.2) is 0 Å². The molecule has 0 aromatic heterocycles. The normalized spacial score (nSPS) is 10.2. The molecule has 2 rings (SSSR count). The van der Waals surface area contributed by atoms with Gasteiger partial charge < -0.3 is 5.11 Å². The van der Waals surface area contributed by atoms with Crippen LogP contribution in [0.4, 0.5) is 0 Å². The van der Waals surface area contributed by atoms with Crippen LogP contribution in [0.5, 0.6) is 0 Å². The van der Waals surface area contributed by atoms with Crippen LogP contribution in [0.1, 0.15) is 31.9 Å². The second kappa shape index (κ2) is 8.98. The third kappa shape index (κ3) is 9.81. The summed E-state index contributed by atoms with van der Waals surface area (Å²) in [5, 5.41) is 12.6. The van der Waals surface area contributed by atoms with Gasteiger partial charge in [0, 0.05) is 0 Å². The Morgan fingerprint density at radius 3 is 1.35 bits per heavy atom. The molecule has 0 aliphatic heterocycles. The van der Waals surface area contributed by atoms with Gasteiger partial charge in [-0.3, -0.25) is 0 Å². The second-order valence-corrected chi connectivity index (χ2v) is 7.17. The minimum atomic E-state index is -0.750. The van der Waals surface area contributed by atoms with Crippen LogP contribution in [-0.2, 0) is 10.6 Å². The first-order chi connectivity index (χ1) is 9.45. The predicted molar refractivity (Wildman–Crippen MR) is 85.8 cm³/mol. The molecule has 0 spiro atoms. The van der Waals surface area contributed by atoms with Crippen molar-refractivity contribution >= 4 is 15.2 Å². The van der Waals surface area contributed by atoms with Crippen molar-refractivity contribution in [3.8, 4) is 0 Å². The summed E-state index contributed by atoms with van der Waals surface area (Å²) in [6.07, 6.45) is 0. The van der Waals surface area contributed by atoms with Crippen LogP contribution in [0.3, 0.4) is 0 Å². The maximum absolute atomic E-state index is 10.1. The third-order valence-electron chi connectivity index (χ3n) is 2.45. The first kappa shape index (κ1) is 17.0. The van der Waals surface area contributed by atoms with Gasteiger partial charge >= 0.3 is 97.6 Å². The Hall–Kier alpha value is -1.07. The molecule has 2 aromatic carbocycles. The Labute approximate surface area is 129 Å². The van der Waals surface area contributed by atoms with Gasteiger partial charge in [0.1, 0.15) is 0 Å². The standard InChI is InChI=1S/2C7H7.C4H9O.Al/c2*1-7-5-3-2-4-6-7;1-4(2,3)5;/h2*2-6H,1H2;1-3H3;/q;;-1;+1. The van der Waals surface area contributed by atoms with Crippen molar-refractivity contribution in [3.63, 3.8) is 0 Å². The molecule has 2 heteroatoms. The van der Waals surface area contributed by atoms with Gasteiger partial charge in [-0.1, -0.05) is 20.8 Å². The van der Waals surface area contributed by atoms with E-state index in [1.54, 1.807) is 20.8 Å². The molecule has 1 nitrogen and oxygen atoms in total. The maximum atomic E-state index is 10.1. The van der Waals surface area contributed by atoms with E-state index in [9.17, 15) is 5.11 Å². The van der Waals surface area contributed by atoms with Crippen molar-refractivity contribution in [3.05, 3.63) is 71.8 Å². The van der Waals surface area contributed by atoms with Crippen molar-refractivity contribution in [1.29, 1.82) is 0 Å². The summed E-state index contributed by atoms with van der Waals surface area (Å²) in [6, 6.07) is 21.5. The summed E-state index contributed by atoms with van der Waals surface area (Å²) >= 11 is 0.501. The van der Waals surface area contributed by atoms with E-state index in [4.69, 9.17) is 0 Å². The van der Waals surface area contributed by atoms with E-state index in [0.29, 0.717) is 15.2 Å². The Morgan fingerprint density at radius 1 is 0.750 bits per heavy atom. The van der Waals surface area contributed by atoms with Gasteiger partial charge in [-0.25, -0.2) is 0 Å². The zero-order valence-corrected chi connectivity index (χ0v) is 13.8. The predicted octanol–water partition coefficient (Wildman–Crippen LogP) is 3.24. The molecular weight excluding hydrogens is 259 g/mol. The Bertz CT molecular complexity index is 414. The Balaban J connectivity index is 0.000000347. The molecule has 0 heterocycles. The molecule has 0 bridgehead atoms. The summed E-state index contributed by atoms with van der Waals surface area (Å²) in [4.78, 5) is 0. The average molecular weight is 282 g/mol. The van der Waals surface area contributed by atoms with Crippen LogP contribution in [0.15, 0.2) is 60.7 Å². The number of rotatable bonds is 4. The van der Waals surface area contributed by atoms with Crippen LogP contribution < -0.4 is 5.11 Å². The zero-order chi connectivity index (χ0) is 14.8. The van der Waals surface area contributed by atoms with Crippen molar-refractivity contribution in [1.82, 2.24) is 0 Å².